The summed E-state index contributed by atoms with van der Waals surface area (Å²) in [5, 5.41) is 0. The highest BCUT2D eigenvalue weighted by atomic mass is 16.6. The van der Waals surface area contributed by atoms with Gasteiger partial charge >= 0.3 is 12.1 Å². The maximum absolute atomic E-state index is 12.1. The van der Waals surface area contributed by atoms with Crippen molar-refractivity contribution in [3.05, 3.63) is 35.7 Å². The number of urea groups is 1. The average molecular weight is 305 g/mol. The molecule has 8 heteroatoms. The van der Waals surface area contributed by atoms with Crippen molar-refractivity contribution in [1.82, 2.24) is 14.7 Å². The van der Waals surface area contributed by atoms with Crippen LogP contribution >= 0.6 is 0 Å². The van der Waals surface area contributed by atoms with Crippen molar-refractivity contribution in [2.75, 3.05) is 20.7 Å². The Kier molecular flexibility index (Phi) is 4.11. The predicted molar refractivity (Wildman–Crippen MR) is 75.1 cm³/mol. The Labute approximate surface area is 126 Å². The molecule has 0 aromatic heterocycles. The third-order valence-electron chi connectivity index (χ3n) is 3.21. The van der Waals surface area contributed by atoms with E-state index in [2.05, 4.69) is 0 Å². The van der Waals surface area contributed by atoms with E-state index in [1.54, 1.807) is 6.92 Å². The predicted octanol–water partition coefficient (Wildman–Crippen LogP) is 0.833. The summed E-state index contributed by atoms with van der Waals surface area (Å²) < 4.78 is 4.83. The fraction of sp³-hybridized carbons (Fsp3) is 0.286. The van der Waals surface area contributed by atoms with E-state index in [9.17, 15) is 19.2 Å². The zero-order valence-electron chi connectivity index (χ0n) is 12.4. The van der Waals surface area contributed by atoms with Gasteiger partial charge in [-0.25, -0.2) is 9.59 Å². The molecule has 0 bridgehead atoms. The molecule has 0 aliphatic carbocycles. The molecule has 1 saturated heterocycles. The normalized spacial score (nSPS) is 18.5. The van der Waals surface area contributed by atoms with Crippen LogP contribution < -0.4 is 0 Å². The summed E-state index contributed by atoms with van der Waals surface area (Å²) >= 11 is 0. The van der Waals surface area contributed by atoms with Gasteiger partial charge in [0.15, 0.2) is 0 Å². The second-order valence-electron chi connectivity index (χ2n) is 4.58. The van der Waals surface area contributed by atoms with E-state index in [1.807, 2.05) is 0 Å². The Morgan fingerprint density at radius 2 is 1.55 bits per heavy atom. The number of amides is 5. The third-order valence-corrected chi connectivity index (χ3v) is 3.21. The van der Waals surface area contributed by atoms with Gasteiger partial charge in [-0.1, -0.05) is 0 Å². The lowest BCUT2D eigenvalue weighted by Gasteiger charge is -2.30. The van der Waals surface area contributed by atoms with Gasteiger partial charge in [0.25, 0.3) is 11.8 Å². The van der Waals surface area contributed by atoms with Crippen LogP contribution in [0.4, 0.5) is 9.59 Å². The summed E-state index contributed by atoms with van der Waals surface area (Å²) in [5.41, 5.74) is 0.197. The molecule has 0 radical (unpaired) electrons. The second kappa shape index (κ2) is 5.84. The number of imide groups is 2. The topological polar surface area (TPSA) is 87.2 Å². The molecule has 2 rings (SSSR count). The molecule has 2 aliphatic rings. The minimum Gasteiger partial charge on any atom is -0.449 e. The molecule has 8 nitrogen and oxygen atoms in total. The molecule has 0 aromatic carbocycles. The van der Waals surface area contributed by atoms with Gasteiger partial charge in [-0.05, 0) is 24.6 Å². The largest absolute Gasteiger partial charge is 0.449 e. The van der Waals surface area contributed by atoms with E-state index in [1.165, 1.54) is 43.5 Å². The van der Waals surface area contributed by atoms with Gasteiger partial charge in [-0.15, -0.1) is 0 Å². The first-order chi connectivity index (χ1) is 10.4. The molecule has 0 unspecified atom stereocenters. The summed E-state index contributed by atoms with van der Waals surface area (Å²) in [4.78, 5) is 50.4. The van der Waals surface area contributed by atoms with Crippen molar-refractivity contribution >= 4 is 23.9 Å². The molecule has 116 valence electrons. The number of carbonyl (C=O) groups is 4. The van der Waals surface area contributed by atoms with Crippen LogP contribution in [0.15, 0.2) is 35.7 Å². The lowest BCUT2D eigenvalue weighted by Crippen LogP contribution is -2.53. The zero-order valence-corrected chi connectivity index (χ0v) is 12.4. The van der Waals surface area contributed by atoms with Crippen LogP contribution in [0.25, 0.3) is 0 Å². The number of hydrogen-bond acceptors (Lipinski definition) is 5. The first-order valence-corrected chi connectivity index (χ1v) is 6.54. The highest BCUT2D eigenvalue weighted by molar-refractivity contribution is 6.29. The SMILES string of the molecule is CCOC(=O)N1C=CC(=C2C(=O)N(C)C(=O)N(C)C2=O)C=C1. The van der Waals surface area contributed by atoms with Crippen LogP contribution in [-0.4, -0.2) is 59.3 Å². The Hall–Kier alpha value is -2.90. The van der Waals surface area contributed by atoms with Crippen LogP contribution in [0.3, 0.4) is 0 Å². The van der Waals surface area contributed by atoms with Crippen LogP contribution in [0.5, 0.6) is 0 Å². The molecule has 2 heterocycles. The van der Waals surface area contributed by atoms with Gasteiger partial charge in [0, 0.05) is 26.5 Å². The van der Waals surface area contributed by atoms with Gasteiger partial charge in [0.05, 0.1) is 6.61 Å². The lowest BCUT2D eigenvalue weighted by atomic mass is 10.0. The van der Waals surface area contributed by atoms with Gasteiger partial charge in [0.2, 0.25) is 0 Å². The average Bonchev–Trinajstić information content (AvgIpc) is 2.52. The molecule has 0 aromatic rings. The summed E-state index contributed by atoms with van der Waals surface area (Å²) in [7, 11) is 2.60. The van der Waals surface area contributed by atoms with E-state index in [0.717, 1.165) is 9.80 Å². The van der Waals surface area contributed by atoms with Crippen molar-refractivity contribution < 1.29 is 23.9 Å². The fourth-order valence-corrected chi connectivity index (χ4v) is 1.99. The quantitative estimate of drug-likeness (QED) is 0.529. The number of barbiturate groups is 1. The van der Waals surface area contributed by atoms with Crippen molar-refractivity contribution in [2.45, 2.75) is 6.92 Å². The fourth-order valence-electron chi connectivity index (χ4n) is 1.99. The van der Waals surface area contributed by atoms with E-state index in [-0.39, 0.29) is 12.2 Å². The standard InChI is InChI=1S/C14H15N3O5/c1-4-22-14(21)17-7-5-9(6-8-17)10-11(18)15(2)13(20)16(3)12(10)19/h5-8H,4H2,1-3H3. The molecule has 1 fully saturated rings. The van der Waals surface area contributed by atoms with Crippen LogP contribution in [0.2, 0.25) is 0 Å². The molecular weight excluding hydrogens is 290 g/mol. The number of ether oxygens (including phenoxy) is 1. The summed E-state index contributed by atoms with van der Waals surface area (Å²) in [6.07, 6.45) is 5.10. The van der Waals surface area contributed by atoms with Crippen LogP contribution in [0.1, 0.15) is 6.92 Å². The number of rotatable bonds is 1. The molecule has 5 amide bonds. The Bertz CT molecular complexity index is 605. The first-order valence-electron chi connectivity index (χ1n) is 6.54. The number of hydrogen-bond donors (Lipinski definition) is 0. The monoisotopic (exact) mass is 305 g/mol. The van der Waals surface area contributed by atoms with Gasteiger partial charge in [0.1, 0.15) is 5.57 Å². The highest BCUT2D eigenvalue weighted by Gasteiger charge is 2.39. The molecule has 0 atom stereocenters. The molecule has 22 heavy (non-hydrogen) atoms. The van der Waals surface area contributed by atoms with Gasteiger partial charge < -0.3 is 4.74 Å². The van der Waals surface area contributed by atoms with Crippen molar-refractivity contribution in [2.24, 2.45) is 0 Å². The van der Waals surface area contributed by atoms with Crippen LogP contribution in [-0.2, 0) is 14.3 Å². The second-order valence-corrected chi connectivity index (χ2v) is 4.58. The number of likely N-dealkylation sites (N-methyl/N-ethyl adjacent to an activating group) is 2. The minimum absolute atomic E-state index is 0.124. The van der Waals surface area contributed by atoms with Gasteiger partial charge in [-0.3, -0.25) is 24.3 Å². The maximum Gasteiger partial charge on any atom is 0.417 e. The number of allylic oxidation sites excluding steroid dienone is 3. The highest BCUT2D eigenvalue weighted by Crippen LogP contribution is 2.22. The van der Waals surface area contributed by atoms with E-state index < -0.39 is 23.9 Å². The Morgan fingerprint density at radius 1 is 1.05 bits per heavy atom. The van der Waals surface area contributed by atoms with E-state index in [4.69, 9.17) is 4.74 Å². The number of nitrogens with zero attached hydrogens (tertiary/aromatic N) is 3. The summed E-state index contributed by atoms with van der Waals surface area (Å²) in [6, 6.07) is -0.684. The number of carbonyl (C=O) groups excluding carboxylic acids is 4. The van der Waals surface area contributed by atoms with Crippen molar-refractivity contribution in [3.8, 4) is 0 Å². The molecular formula is C14H15N3O5. The zero-order chi connectivity index (χ0) is 16.4. The lowest BCUT2D eigenvalue weighted by molar-refractivity contribution is -0.134. The van der Waals surface area contributed by atoms with Crippen molar-refractivity contribution in [3.63, 3.8) is 0 Å². The van der Waals surface area contributed by atoms with Crippen molar-refractivity contribution in [1.29, 1.82) is 0 Å². The summed E-state index contributed by atoms with van der Waals surface area (Å²) in [6.45, 7) is 1.92. The molecule has 0 saturated carbocycles. The smallest absolute Gasteiger partial charge is 0.417 e. The minimum atomic E-state index is -0.684. The maximum atomic E-state index is 12.1. The van der Waals surface area contributed by atoms with Gasteiger partial charge in [-0.2, -0.15) is 0 Å². The van der Waals surface area contributed by atoms with Crippen LogP contribution in [0, 0.1) is 0 Å². The van der Waals surface area contributed by atoms with E-state index >= 15 is 0 Å². The Morgan fingerprint density at radius 3 is 2.00 bits per heavy atom. The van der Waals surface area contributed by atoms with E-state index in [0.29, 0.717) is 5.57 Å². The Balaban J connectivity index is 2.32. The molecule has 2 aliphatic heterocycles. The molecule has 0 N–H and O–H groups in total. The third kappa shape index (κ3) is 2.50. The molecule has 0 spiro atoms. The summed E-state index contributed by atoms with van der Waals surface area (Å²) in [5.74, 6) is -1.36. The first kappa shape index (κ1) is 15.5.